The molecule has 3 heterocycles. The second kappa shape index (κ2) is 6.34. The van der Waals surface area contributed by atoms with Gasteiger partial charge in [0.25, 0.3) is 0 Å². The van der Waals surface area contributed by atoms with Gasteiger partial charge in [0.1, 0.15) is 23.7 Å². The van der Waals surface area contributed by atoms with Gasteiger partial charge < -0.3 is 4.90 Å². The van der Waals surface area contributed by atoms with E-state index in [2.05, 4.69) is 0 Å². The summed E-state index contributed by atoms with van der Waals surface area (Å²) < 4.78 is 13.3. The third-order valence-electron chi connectivity index (χ3n) is 6.47. The van der Waals surface area contributed by atoms with Crippen LogP contribution in [0.5, 0.6) is 0 Å². The number of amides is 2. The van der Waals surface area contributed by atoms with Crippen LogP contribution in [-0.2, 0) is 9.59 Å². The van der Waals surface area contributed by atoms with E-state index in [0.717, 1.165) is 29.2 Å². The van der Waals surface area contributed by atoms with Gasteiger partial charge in [0.2, 0.25) is 17.6 Å². The lowest BCUT2D eigenvalue weighted by Crippen LogP contribution is -3.16. The average Bonchev–Trinajstić information content (AvgIpc) is 3.35. The molecule has 2 amide bonds. The first-order chi connectivity index (χ1) is 13.6. The molecule has 3 aliphatic rings. The number of quaternary nitrogens is 1. The number of halogens is 1. The highest BCUT2D eigenvalue weighted by molar-refractivity contribution is 6.24. The molecule has 5 nitrogen and oxygen atoms in total. The first kappa shape index (κ1) is 17.3. The maximum Gasteiger partial charge on any atom is 0.244 e. The zero-order valence-corrected chi connectivity index (χ0v) is 15.2. The highest BCUT2D eigenvalue weighted by Crippen LogP contribution is 2.40. The molecular weight excluding hydrogens is 359 g/mol. The van der Waals surface area contributed by atoms with Gasteiger partial charge in [-0.3, -0.25) is 14.4 Å². The van der Waals surface area contributed by atoms with E-state index in [1.54, 1.807) is 12.1 Å². The number of Topliss-reactive ketones (excluding diaryl/α,β-unsaturated/α-hetero) is 1. The molecule has 5 rings (SSSR count). The molecule has 6 heteroatoms. The summed E-state index contributed by atoms with van der Waals surface area (Å²) in [6, 6.07) is 13.8. The highest BCUT2D eigenvalue weighted by Gasteiger charge is 2.68. The van der Waals surface area contributed by atoms with Gasteiger partial charge in [-0.25, -0.2) is 9.29 Å². The van der Waals surface area contributed by atoms with Crippen LogP contribution in [0, 0.1) is 17.7 Å². The number of hydrogen-bond acceptors (Lipinski definition) is 3. The molecule has 3 saturated heterocycles. The predicted octanol–water partition coefficient (Wildman–Crippen LogP) is 1.24. The van der Waals surface area contributed by atoms with E-state index in [0.29, 0.717) is 11.3 Å². The van der Waals surface area contributed by atoms with Crippen LogP contribution in [0.4, 0.5) is 10.1 Å². The number of nitrogens with zero attached hydrogens (tertiary/aromatic N) is 1. The summed E-state index contributed by atoms with van der Waals surface area (Å²) in [7, 11) is 0. The number of imide groups is 1. The Morgan fingerprint density at radius 1 is 0.964 bits per heavy atom. The van der Waals surface area contributed by atoms with Crippen molar-refractivity contribution in [3.63, 3.8) is 0 Å². The minimum atomic E-state index is -0.648. The lowest BCUT2D eigenvalue weighted by atomic mass is 9.85. The fourth-order valence-electron chi connectivity index (χ4n) is 5.37. The molecule has 5 atom stereocenters. The van der Waals surface area contributed by atoms with Gasteiger partial charge in [-0.05, 0) is 24.3 Å². The standard InChI is InChI=1S/C22H19FN2O3/c23-14-8-10-15(11-9-14)25-21(27)17-16-7-4-12-24(16)19(18(17)22(25)28)20(26)13-5-2-1-3-6-13/h1-3,5-6,8-11,16-19H,4,7,12H2/p+1/t16-,17-,18-,19+/m1/s1. The maximum atomic E-state index is 13.3. The van der Waals surface area contributed by atoms with E-state index in [-0.39, 0.29) is 23.6 Å². The summed E-state index contributed by atoms with van der Waals surface area (Å²) in [6.07, 6.45) is 1.78. The van der Waals surface area contributed by atoms with Gasteiger partial charge in [-0.2, -0.15) is 0 Å². The van der Waals surface area contributed by atoms with Crippen LogP contribution in [0.2, 0.25) is 0 Å². The van der Waals surface area contributed by atoms with Crippen LogP contribution < -0.4 is 9.80 Å². The largest absolute Gasteiger partial charge is 0.322 e. The van der Waals surface area contributed by atoms with Gasteiger partial charge >= 0.3 is 0 Å². The Kier molecular flexibility index (Phi) is 3.91. The number of benzene rings is 2. The molecule has 3 aliphatic heterocycles. The van der Waals surface area contributed by atoms with Crippen molar-refractivity contribution in [2.75, 3.05) is 11.4 Å². The zero-order chi connectivity index (χ0) is 19.4. The Balaban J connectivity index is 1.55. The van der Waals surface area contributed by atoms with Crippen molar-refractivity contribution >= 4 is 23.3 Å². The Morgan fingerprint density at radius 2 is 1.64 bits per heavy atom. The van der Waals surface area contributed by atoms with Gasteiger partial charge in [-0.15, -0.1) is 0 Å². The zero-order valence-electron chi connectivity index (χ0n) is 15.2. The summed E-state index contributed by atoms with van der Waals surface area (Å²) in [4.78, 5) is 42.1. The Morgan fingerprint density at radius 3 is 2.36 bits per heavy atom. The first-order valence-corrected chi connectivity index (χ1v) is 9.66. The molecule has 0 aliphatic carbocycles. The van der Waals surface area contributed by atoms with Crippen molar-refractivity contribution < 1.29 is 23.7 Å². The molecule has 0 bridgehead atoms. The van der Waals surface area contributed by atoms with E-state index in [1.807, 2.05) is 18.2 Å². The molecule has 3 fully saturated rings. The molecule has 2 aromatic carbocycles. The predicted molar refractivity (Wildman–Crippen MR) is 99.3 cm³/mol. The molecule has 0 radical (unpaired) electrons. The van der Waals surface area contributed by atoms with Crippen molar-refractivity contribution in [3.05, 3.63) is 66.0 Å². The van der Waals surface area contributed by atoms with Crippen molar-refractivity contribution in [2.24, 2.45) is 11.8 Å². The fraction of sp³-hybridized carbons (Fsp3) is 0.318. The number of fused-ring (bicyclic) bond motifs is 3. The third kappa shape index (κ3) is 2.37. The van der Waals surface area contributed by atoms with Crippen molar-refractivity contribution in [2.45, 2.75) is 24.9 Å². The molecule has 2 aromatic rings. The smallest absolute Gasteiger partial charge is 0.244 e. The second-order valence-electron chi connectivity index (χ2n) is 7.82. The molecule has 0 spiro atoms. The Labute approximate surface area is 161 Å². The van der Waals surface area contributed by atoms with Gasteiger partial charge in [0, 0.05) is 18.4 Å². The van der Waals surface area contributed by atoms with Crippen LogP contribution >= 0.6 is 0 Å². The third-order valence-corrected chi connectivity index (χ3v) is 6.47. The second-order valence-corrected chi connectivity index (χ2v) is 7.82. The van der Waals surface area contributed by atoms with Crippen LogP contribution in [0.25, 0.3) is 0 Å². The Hall–Kier alpha value is -2.86. The summed E-state index contributed by atoms with van der Waals surface area (Å²) in [5.74, 6) is -2.21. The monoisotopic (exact) mass is 379 g/mol. The molecule has 142 valence electrons. The molecule has 28 heavy (non-hydrogen) atoms. The average molecular weight is 379 g/mol. The minimum absolute atomic E-state index is 0.00967. The highest BCUT2D eigenvalue weighted by atomic mass is 19.1. The molecule has 1 N–H and O–H groups in total. The SMILES string of the molecule is O=C(c1ccccc1)[C@@H]1[C@@H]2C(=O)N(c3ccc(F)cc3)C(=O)[C@@H]2[C@H]2CCC[NH+]21. The van der Waals surface area contributed by atoms with Crippen molar-refractivity contribution in [3.8, 4) is 0 Å². The molecule has 0 aromatic heterocycles. The lowest BCUT2D eigenvalue weighted by molar-refractivity contribution is -0.915. The molecule has 1 unspecified atom stereocenters. The van der Waals surface area contributed by atoms with Crippen LogP contribution in [0.15, 0.2) is 54.6 Å². The van der Waals surface area contributed by atoms with Gasteiger partial charge in [0.05, 0.1) is 12.2 Å². The quantitative estimate of drug-likeness (QED) is 0.645. The lowest BCUT2D eigenvalue weighted by Gasteiger charge is -2.25. The normalized spacial score (nSPS) is 31.2. The number of rotatable bonds is 3. The van der Waals surface area contributed by atoms with E-state index in [1.165, 1.54) is 24.3 Å². The number of carbonyl (C=O) groups is 3. The van der Waals surface area contributed by atoms with E-state index < -0.39 is 23.7 Å². The number of nitrogens with one attached hydrogen (secondary N) is 1. The number of anilines is 1. The fourth-order valence-corrected chi connectivity index (χ4v) is 5.37. The van der Waals surface area contributed by atoms with Crippen LogP contribution in [-0.4, -0.2) is 36.2 Å². The molecular formula is C22H20FN2O3+. The molecule has 0 saturated carbocycles. The number of ketones is 1. The maximum absolute atomic E-state index is 13.3. The van der Waals surface area contributed by atoms with Crippen molar-refractivity contribution in [1.82, 2.24) is 0 Å². The summed E-state index contributed by atoms with van der Waals surface area (Å²) in [5.41, 5.74) is 0.947. The minimum Gasteiger partial charge on any atom is -0.322 e. The van der Waals surface area contributed by atoms with E-state index >= 15 is 0 Å². The van der Waals surface area contributed by atoms with Crippen LogP contribution in [0.3, 0.4) is 0 Å². The van der Waals surface area contributed by atoms with Gasteiger partial charge in [-0.1, -0.05) is 30.3 Å². The number of carbonyl (C=O) groups excluding carboxylic acids is 3. The topological polar surface area (TPSA) is 58.9 Å². The summed E-state index contributed by atoms with van der Waals surface area (Å²) in [5, 5.41) is 0. The van der Waals surface area contributed by atoms with Crippen molar-refractivity contribution in [1.29, 1.82) is 0 Å². The Bertz CT molecular complexity index is 960. The van der Waals surface area contributed by atoms with Gasteiger partial charge in [0.15, 0.2) is 6.04 Å². The van der Waals surface area contributed by atoms with E-state index in [9.17, 15) is 18.8 Å². The first-order valence-electron chi connectivity index (χ1n) is 9.66. The van der Waals surface area contributed by atoms with E-state index in [4.69, 9.17) is 0 Å². The summed E-state index contributed by atoms with van der Waals surface area (Å²) >= 11 is 0. The number of hydrogen-bond donors (Lipinski definition) is 1. The van der Waals surface area contributed by atoms with Crippen LogP contribution in [0.1, 0.15) is 23.2 Å². The summed E-state index contributed by atoms with van der Waals surface area (Å²) in [6.45, 7) is 0.804.